The van der Waals surface area contributed by atoms with Gasteiger partial charge in [-0.15, -0.1) is 0 Å². The standard InChI is InChI=1S/C32H21F5N6O/c1-18-6-2-13-26-28(25-14-15-38-31(41-25)40-22-10-4-8-20(17-22)32(35,36)37)29(42-43(18)26)19-7-3-9-21(16-19)39-30(44)27-23(33)11-5-12-24(27)34/h2-17H,1H3,(H,39,44)(H,38,40,41). The van der Waals surface area contributed by atoms with Crippen LogP contribution in [0.15, 0.2) is 97.2 Å². The zero-order valence-electron chi connectivity index (χ0n) is 22.8. The van der Waals surface area contributed by atoms with E-state index in [2.05, 4.69) is 20.6 Å². The molecule has 1 amide bonds. The molecule has 0 unspecified atom stereocenters. The average molecular weight is 601 g/mol. The van der Waals surface area contributed by atoms with Crippen LogP contribution in [-0.4, -0.2) is 25.5 Å². The van der Waals surface area contributed by atoms with E-state index < -0.39 is 34.8 Å². The third-order valence-corrected chi connectivity index (χ3v) is 6.79. The summed E-state index contributed by atoms with van der Waals surface area (Å²) >= 11 is 0. The summed E-state index contributed by atoms with van der Waals surface area (Å²) in [6.45, 7) is 1.87. The van der Waals surface area contributed by atoms with Crippen molar-refractivity contribution in [2.75, 3.05) is 10.6 Å². The van der Waals surface area contributed by atoms with Crippen molar-refractivity contribution in [1.82, 2.24) is 19.6 Å². The Kier molecular flexibility index (Phi) is 7.25. The maximum Gasteiger partial charge on any atom is 0.416 e. The Morgan fingerprint density at radius 3 is 2.32 bits per heavy atom. The van der Waals surface area contributed by atoms with Gasteiger partial charge in [0.1, 0.15) is 22.9 Å². The Balaban J connectivity index is 1.40. The molecule has 0 atom stereocenters. The topological polar surface area (TPSA) is 84.2 Å². The molecule has 0 saturated heterocycles. The summed E-state index contributed by atoms with van der Waals surface area (Å²) in [7, 11) is 0. The first-order valence-corrected chi connectivity index (χ1v) is 13.2. The van der Waals surface area contributed by atoms with Crippen LogP contribution < -0.4 is 10.6 Å². The van der Waals surface area contributed by atoms with Crippen molar-refractivity contribution in [3.63, 3.8) is 0 Å². The molecule has 2 N–H and O–H groups in total. The van der Waals surface area contributed by atoms with Crippen LogP contribution in [0.25, 0.3) is 28.0 Å². The zero-order valence-corrected chi connectivity index (χ0v) is 22.8. The molecule has 220 valence electrons. The fourth-order valence-electron chi connectivity index (χ4n) is 4.77. The Morgan fingerprint density at radius 2 is 1.55 bits per heavy atom. The van der Waals surface area contributed by atoms with E-state index in [1.54, 1.807) is 34.8 Å². The van der Waals surface area contributed by atoms with Gasteiger partial charge in [-0.2, -0.15) is 18.3 Å². The minimum Gasteiger partial charge on any atom is -0.324 e. The van der Waals surface area contributed by atoms with Gasteiger partial charge in [0.15, 0.2) is 0 Å². The maximum atomic E-state index is 14.2. The van der Waals surface area contributed by atoms with Gasteiger partial charge in [0.25, 0.3) is 5.91 Å². The van der Waals surface area contributed by atoms with Crippen molar-refractivity contribution in [2.24, 2.45) is 0 Å². The van der Waals surface area contributed by atoms with Crippen LogP contribution in [0.3, 0.4) is 0 Å². The first-order valence-electron chi connectivity index (χ1n) is 13.2. The molecule has 6 rings (SSSR count). The average Bonchev–Trinajstić information content (AvgIpc) is 3.38. The number of carbonyl (C=O) groups excluding carboxylic acids is 1. The second-order valence-corrected chi connectivity index (χ2v) is 9.79. The molecule has 0 aliphatic rings. The van der Waals surface area contributed by atoms with Crippen molar-refractivity contribution in [1.29, 1.82) is 0 Å². The van der Waals surface area contributed by atoms with Crippen molar-refractivity contribution in [2.45, 2.75) is 13.1 Å². The molecule has 0 spiro atoms. The normalized spacial score (nSPS) is 11.5. The van der Waals surface area contributed by atoms with E-state index in [1.165, 1.54) is 24.4 Å². The summed E-state index contributed by atoms with van der Waals surface area (Å²) in [5.74, 6) is -2.87. The molecule has 3 aromatic carbocycles. The van der Waals surface area contributed by atoms with Gasteiger partial charge in [0.2, 0.25) is 5.95 Å². The Hall–Kier alpha value is -5.65. The van der Waals surface area contributed by atoms with Gasteiger partial charge in [-0.05, 0) is 67.6 Å². The highest BCUT2D eigenvalue weighted by Gasteiger charge is 2.30. The number of nitrogens with zero attached hydrogens (tertiary/aromatic N) is 4. The van der Waals surface area contributed by atoms with Crippen LogP contribution in [0.1, 0.15) is 21.6 Å². The quantitative estimate of drug-likeness (QED) is 0.189. The van der Waals surface area contributed by atoms with Crippen molar-refractivity contribution >= 4 is 28.7 Å². The Labute approximate surface area is 247 Å². The first-order chi connectivity index (χ1) is 21.1. The predicted octanol–water partition coefficient (Wildman–Crippen LogP) is 8.06. The van der Waals surface area contributed by atoms with Crippen LogP contribution in [0.5, 0.6) is 0 Å². The molecular formula is C32H21F5N6O. The molecule has 0 aliphatic carbocycles. The molecule has 12 heteroatoms. The number of fused-ring (bicyclic) bond motifs is 1. The molecule has 0 saturated carbocycles. The lowest BCUT2D eigenvalue weighted by Crippen LogP contribution is -2.15. The zero-order chi connectivity index (χ0) is 31.0. The van der Waals surface area contributed by atoms with Crippen LogP contribution in [0, 0.1) is 18.6 Å². The number of pyridine rings is 1. The highest BCUT2D eigenvalue weighted by Crippen LogP contribution is 2.36. The lowest BCUT2D eigenvalue weighted by atomic mass is 10.0. The van der Waals surface area contributed by atoms with Gasteiger partial charge in [-0.1, -0.05) is 30.3 Å². The summed E-state index contributed by atoms with van der Waals surface area (Å²) in [6.07, 6.45) is -3.04. The number of anilines is 3. The number of hydrogen-bond acceptors (Lipinski definition) is 5. The summed E-state index contributed by atoms with van der Waals surface area (Å²) in [6, 6.07) is 21.7. The molecule has 3 heterocycles. The van der Waals surface area contributed by atoms with Gasteiger partial charge in [0, 0.05) is 28.8 Å². The highest BCUT2D eigenvalue weighted by atomic mass is 19.4. The molecule has 0 fully saturated rings. The van der Waals surface area contributed by atoms with Crippen molar-refractivity contribution in [3.05, 3.63) is 126 Å². The number of aryl methyl sites for hydroxylation is 1. The van der Waals surface area contributed by atoms with Crippen molar-refractivity contribution in [3.8, 4) is 22.5 Å². The SMILES string of the molecule is Cc1cccc2c(-c3ccnc(Nc4cccc(C(F)(F)F)c4)n3)c(-c3cccc(NC(=O)c4c(F)cccc4F)c3)nn12. The summed E-state index contributed by atoms with van der Waals surface area (Å²) in [5, 5.41) is 10.2. The number of aromatic nitrogens is 4. The second-order valence-electron chi connectivity index (χ2n) is 9.79. The molecule has 0 aliphatic heterocycles. The molecule has 0 radical (unpaired) electrons. The van der Waals surface area contributed by atoms with E-state index in [9.17, 15) is 26.7 Å². The van der Waals surface area contributed by atoms with Gasteiger partial charge < -0.3 is 10.6 Å². The summed E-state index contributed by atoms with van der Waals surface area (Å²) < 4.78 is 69.8. The van der Waals surface area contributed by atoms with Crippen LogP contribution in [0.2, 0.25) is 0 Å². The fraction of sp³-hybridized carbons (Fsp3) is 0.0625. The summed E-state index contributed by atoms with van der Waals surface area (Å²) in [5.41, 5.74) is 2.44. The number of benzene rings is 3. The maximum absolute atomic E-state index is 14.2. The van der Waals surface area contributed by atoms with Crippen LogP contribution in [-0.2, 0) is 6.18 Å². The highest BCUT2D eigenvalue weighted by molar-refractivity contribution is 6.05. The van der Waals surface area contributed by atoms with Crippen molar-refractivity contribution < 1.29 is 26.7 Å². The second kappa shape index (κ2) is 11.2. The third kappa shape index (κ3) is 5.56. The van der Waals surface area contributed by atoms with Gasteiger partial charge in [0.05, 0.1) is 22.3 Å². The van der Waals surface area contributed by atoms with Crippen LogP contribution >= 0.6 is 0 Å². The van der Waals surface area contributed by atoms with Gasteiger partial charge in [-0.3, -0.25) is 4.79 Å². The van der Waals surface area contributed by atoms with E-state index >= 15 is 0 Å². The molecule has 6 aromatic rings. The van der Waals surface area contributed by atoms with Gasteiger partial charge in [-0.25, -0.2) is 23.3 Å². The smallest absolute Gasteiger partial charge is 0.324 e. The minimum atomic E-state index is -4.51. The minimum absolute atomic E-state index is 0.0627. The number of carbonyl (C=O) groups is 1. The molecular weight excluding hydrogens is 579 g/mol. The number of amides is 1. The number of halogens is 5. The van der Waals surface area contributed by atoms with E-state index in [1.807, 2.05) is 25.1 Å². The van der Waals surface area contributed by atoms with E-state index in [4.69, 9.17) is 5.10 Å². The fourth-order valence-corrected chi connectivity index (χ4v) is 4.77. The molecule has 7 nitrogen and oxygen atoms in total. The number of nitrogens with one attached hydrogen (secondary N) is 2. The number of alkyl halides is 3. The van der Waals surface area contributed by atoms with Gasteiger partial charge >= 0.3 is 6.18 Å². The molecule has 44 heavy (non-hydrogen) atoms. The number of rotatable bonds is 6. The third-order valence-electron chi connectivity index (χ3n) is 6.79. The number of hydrogen-bond donors (Lipinski definition) is 2. The lowest BCUT2D eigenvalue weighted by molar-refractivity contribution is -0.137. The largest absolute Gasteiger partial charge is 0.416 e. The predicted molar refractivity (Wildman–Crippen MR) is 155 cm³/mol. The molecule has 3 aromatic heterocycles. The van der Waals surface area contributed by atoms with E-state index in [-0.39, 0.29) is 17.3 Å². The van der Waals surface area contributed by atoms with E-state index in [0.717, 1.165) is 30.0 Å². The lowest BCUT2D eigenvalue weighted by Gasteiger charge is -2.11. The Morgan fingerprint density at radius 1 is 0.841 bits per heavy atom. The molecule has 0 bridgehead atoms. The monoisotopic (exact) mass is 600 g/mol. The summed E-state index contributed by atoms with van der Waals surface area (Å²) in [4.78, 5) is 21.5. The van der Waals surface area contributed by atoms with E-state index in [0.29, 0.717) is 28.0 Å². The first kappa shape index (κ1) is 28.5. The van der Waals surface area contributed by atoms with Crippen LogP contribution in [0.4, 0.5) is 39.3 Å². The Bertz CT molecular complexity index is 2020.